The van der Waals surface area contributed by atoms with Crippen molar-refractivity contribution in [3.63, 3.8) is 0 Å². The minimum atomic E-state index is 0.494. The summed E-state index contributed by atoms with van der Waals surface area (Å²) in [5, 5.41) is 0. The molecule has 1 rings (SSSR count). The van der Waals surface area contributed by atoms with E-state index >= 15 is 0 Å². The van der Waals surface area contributed by atoms with Crippen LogP contribution in [0.4, 0.5) is 0 Å². The number of benzene rings is 1. The molecule has 0 radical (unpaired) electrons. The van der Waals surface area contributed by atoms with E-state index in [2.05, 4.69) is 25.3 Å². The molecule has 0 spiro atoms. The van der Waals surface area contributed by atoms with Crippen LogP contribution in [0.15, 0.2) is 55.6 Å². The van der Waals surface area contributed by atoms with E-state index in [4.69, 9.17) is 4.74 Å². The SMILES string of the molecule is C=CC[C@@H](C=C)CCOCc1ccccc1. The highest BCUT2D eigenvalue weighted by Gasteiger charge is 2.01. The highest BCUT2D eigenvalue weighted by molar-refractivity contribution is 5.13. The first-order valence-corrected chi connectivity index (χ1v) is 5.72. The summed E-state index contributed by atoms with van der Waals surface area (Å²) in [5.41, 5.74) is 1.22. The van der Waals surface area contributed by atoms with Crippen molar-refractivity contribution in [3.05, 3.63) is 61.2 Å². The molecule has 1 nitrogen and oxygen atoms in total. The van der Waals surface area contributed by atoms with Crippen LogP contribution in [0.5, 0.6) is 0 Å². The van der Waals surface area contributed by atoms with Gasteiger partial charge >= 0.3 is 0 Å². The molecule has 1 atom stereocenters. The van der Waals surface area contributed by atoms with Gasteiger partial charge in [-0.1, -0.05) is 42.5 Å². The Kier molecular flexibility index (Phi) is 6.28. The highest BCUT2D eigenvalue weighted by Crippen LogP contribution is 2.11. The Morgan fingerprint density at radius 2 is 1.94 bits per heavy atom. The number of allylic oxidation sites excluding steroid dienone is 2. The second-order valence-corrected chi connectivity index (χ2v) is 3.85. The first-order chi connectivity index (χ1) is 7.86. The summed E-state index contributed by atoms with van der Waals surface area (Å²) in [4.78, 5) is 0. The van der Waals surface area contributed by atoms with Crippen LogP contribution in [0, 0.1) is 5.92 Å². The Hall–Kier alpha value is -1.34. The molecular formula is C15H20O. The van der Waals surface area contributed by atoms with Crippen LogP contribution in [0.3, 0.4) is 0 Å². The fourth-order valence-electron chi connectivity index (χ4n) is 1.54. The molecule has 0 aliphatic rings. The molecular weight excluding hydrogens is 196 g/mol. The van der Waals surface area contributed by atoms with Crippen molar-refractivity contribution in [3.8, 4) is 0 Å². The Balaban J connectivity index is 2.16. The van der Waals surface area contributed by atoms with Crippen LogP contribution in [0.2, 0.25) is 0 Å². The number of hydrogen-bond acceptors (Lipinski definition) is 1. The molecule has 0 amide bonds. The van der Waals surface area contributed by atoms with E-state index in [-0.39, 0.29) is 0 Å². The number of rotatable bonds is 8. The van der Waals surface area contributed by atoms with Crippen molar-refractivity contribution in [1.82, 2.24) is 0 Å². The van der Waals surface area contributed by atoms with Gasteiger partial charge in [0.1, 0.15) is 0 Å². The lowest BCUT2D eigenvalue weighted by Crippen LogP contribution is -2.02. The molecule has 0 N–H and O–H groups in total. The fraction of sp³-hybridized carbons (Fsp3) is 0.333. The van der Waals surface area contributed by atoms with Gasteiger partial charge in [-0.2, -0.15) is 0 Å². The van der Waals surface area contributed by atoms with Crippen LogP contribution >= 0.6 is 0 Å². The molecule has 86 valence electrons. The normalized spacial score (nSPS) is 12.0. The summed E-state index contributed by atoms with van der Waals surface area (Å²) in [5.74, 6) is 0.494. The third kappa shape index (κ3) is 4.94. The van der Waals surface area contributed by atoms with E-state index in [1.165, 1.54) is 5.56 Å². The van der Waals surface area contributed by atoms with Crippen molar-refractivity contribution < 1.29 is 4.74 Å². The van der Waals surface area contributed by atoms with Gasteiger partial charge < -0.3 is 4.74 Å². The predicted octanol–water partition coefficient (Wildman–Crippen LogP) is 3.97. The molecule has 1 aromatic rings. The van der Waals surface area contributed by atoms with Gasteiger partial charge in [0.05, 0.1) is 6.61 Å². The van der Waals surface area contributed by atoms with E-state index in [0.717, 1.165) is 19.4 Å². The Labute approximate surface area is 98.5 Å². The first kappa shape index (κ1) is 12.7. The Morgan fingerprint density at radius 3 is 2.56 bits per heavy atom. The van der Waals surface area contributed by atoms with Gasteiger partial charge in [0.2, 0.25) is 0 Å². The van der Waals surface area contributed by atoms with Gasteiger partial charge in [0.15, 0.2) is 0 Å². The van der Waals surface area contributed by atoms with Crippen molar-refractivity contribution in [2.45, 2.75) is 19.4 Å². The van der Waals surface area contributed by atoms with Crippen LogP contribution < -0.4 is 0 Å². The van der Waals surface area contributed by atoms with Crippen LogP contribution in [-0.2, 0) is 11.3 Å². The summed E-state index contributed by atoms with van der Waals surface area (Å²) < 4.78 is 5.62. The standard InChI is InChI=1S/C15H20O/c1-3-8-14(4-2)11-12-16-13-15-9-6-5-7-10-15/h3-7,9-10,14H,1-2,8,11-13H2/t14-/m1/s1. The molecule has 0 aliphatic heterocycles. The maximum Gasteiger partial charge on any atom is 0.0716 e. The van der Waals surface area contributed by atoms with Gasteiger partial charge in [-0.15, -0.1) is 13.2 Å². The zero-order valence-electron chi connectivity index (χ0n) is 9.77. The minimum Gasteiger partial charge on any atom is -0.377 e. The highest BCUT2D eigenvalue weighted by atomic mass is 16.5. The van der Waals surface area contributed by atoms with E-state index in [9.17, 15) is 0 Å². The summed E-state index contributed by atoms with van der Waals surface area (Å²) in [6.07, 6.45) is 5.91. The number of hydrogen-bond donors (Lipinski definition) is 0. The molecule has 1 heteroatoms. The molecule has 0 heterocycles. The molecule has 0 saturated heterocycles. The van der Waals surface area contributed by atoms with E-state index < -0.39 is 0 Å². The van der Waals surface area contributed by atoms with E-state index in [1.807, 2.05) is 30.4 Å². The first-order valence-electron chi connectivity index (χ1n) is 5.72. The Bertz CT molecular complexity index is 302. The lowest BCUT2D eigenvalue weighted by atomic mass is 10.0. The molecule has 0 bridgehead atoms. The topological polar surface area (TPSA) is 9.23 Å². The van der Waals surface area contributed by atoms with Crippen molar-refractivity contribution in [1.29, 1.82) is 0 Å². The third-order valence-corrected chi connectivity index (χ3v) is 2.55. The van der Waals surface area contributed by atoms with Crippen molar-refractivity contribution in [2.75, 3.05) is 6.61 Å². The summed E-state index contributed by atoms with van der Waals surface area (Å²) in [7, 11) is 0. The largest absolute Gasteiger partial charge is 0.377 e. The predicted molar refractivity (Wildman–Crippen MR) is 69.2 cm³/mol. The summed E-state index contributed by atoms with van der Waals surface area (Å²) in [6.45, 7) is 9.02. The fourth-order valence-corrected chi connectivity index (χ4v) is 1.54. The molecule has 0 saturated carbocycles. The smallest absolute Gasteiger partial charge is 0.0716 e. The molecule has 0 aromatic heterocycles. The summed E-state index contributed by atoms with van der Waals surface area (Å²) in [6, 6.07) is 10.2. The van der Waals surface area contributed by atoms with Gasteiger partial charge in [-0.25, -0.2) is 0 Å². The third-order valence-electron chi connectivity index (χ3n) is 2.55. The molecule has 1 aromatic carbocycles. The maximum absolute atomic E-state index is 5.62. The molecule has 0 unspecified atom stereocenters. The van der Waals surface area contributed by atoms with Gasteiger partial charge in [-0.3, -0.25) is 0 Å². The van der Waals surface area contributed by atoms with Gasteiger partial charge in [-0.05, 0) is 24.3 Å². The zero-order valence-corrected chi connectivity index (χ0v) is 9.77. The zero-order chi connectivity index (χ0) is 11.6. The second-order valence-electron chi connectivity index (χ2n) is 3.85. The second kappa shape index (κ2) is 7.89. The van der Waals surface area contributed by atoms with Crippen LogP contribution in [0.1, 0.15) is 18.4 Å². The van der Waals surface area contributed by atoms with Crippen LogP contribution in [0.25, 0.3) is 0 Å². The van der Waals surface area contributed by atoms with Gasteiger partial charge in [0.25, 0.3) is 0 Å². The lowest BCUT2D eigenvalue weighted by Gasteiger charge is -2.10. The average Bonchev–Trinajstić information content (AvgIpc) is 2.34. The average molecular weight is 216 g/mol. The monoisotopic (exact) mass is 216 g/mol. The van der Waals surface area contributed by atoms with Crippen molar-refractivity contribution >= 4 is 0 Å². The number of ether oxygens (including phenoxy) is 1. The maximum atomic E-state index is 5.62. The molecule has 0 aliphatic carbocycles. The van der Waals surface area contributed by atoms with Gasteiger partial charge in [0, 0.05) is 6.61 Å². The van der Waals surface area contributed by atoms with E-state index in [1.54, 1.807) is 0 Å². The molecule has 16 heavy (non-hydrogen) atoms. The minimum absolute atomic E-state index is 0.494. The lowest BCUT2D eigenvalue weighted by molar-refractivity contribution is 0.111. The Morgan fingerprint density at radius 1 is 1.19 bits per heavy atom. The van der Waals surface area contributed by atoms with Crippen LogP contribution in [-0.4, -0.2) is 6.61 Å². The van der Waals surface area contributed by atoms with Crippen molar-refractivity contribution in [2.24, 2.45) is 5.92 Å². The van der Waals surface area contributed by atoms with E-state index in [0.29, 0.717) is 12.5 Å². The summed E-state index contributed by atoms with van der Waals surface area (Å²) >= 11 is 0. The molecule has 0 fully saturated rings. The quantitative estimate of drug-likeness (QED) is 0.472.